The number of amides is 3. The Bertz CT molecular complexity index is 579. The molecule has 1 aliphatic rings. The predicted molar refractivity (Wildman–Crippen MR) is 87.8 cm³/mol. The van der Waals surface area contributed by atoms with E-state index in [-0.39, 0.29) is 17.8 Å². The first-order valence-electron chi connectivity index (χ1n) is 8.14. The van der Waals surface area contributed by atoms with Gasteiger partial charge in [-0.05, 0) is 50.4 Å². The van der Waals surface area contributed by atoms with E-state index in [4.69, 9.17) is 0 Å². The van der Waals surface area contributed by atoms with Gasteiger partial charge >= 0.3 is 6.03 Å². The van der Waals surface area contributed by atoms with Crippen LogP contribution in [0.4, 0.5) is 9.18 Å². The van der Waals surface area contributed by atoms with Crippen LogP contribution in [0.2, 0.25) is 0 Å². The van der Waals surface area contributed by atoms with Gasteiger partial charge in [-0.1, -0.05) is 12.1 Å². The normalized spacial score (nSPS) is 20.4. The van der Waals surface area contributed by atoms with Gasteiger partial charge in [-0.2, -0.15) is 0 Å². The third-order valence-corrected chi connectivity index (χ3v) is 4.51. The zero-order valence-electron chi connectivity index (χ0n) is 14.0. The van der Waals surface area contributed by atoms with Crippen LogP contribution in [-0.2, 0) is 4.79 Å². The Hall–Kier alpha value is -1.99. The van der Waals surface area contributed by atoms with E-state index in [1.807, 2.05) is 4.90 Å². The molecule has 0 saturated carbocycles. The van der Waals surface area contributed by atoms with Crippen LogP contribution in [0.1, 0.15) is 37.9 Å². The first kappa shape index (κ1) is 18.4. The quantitative estimate of drug-likeness (QED) is 0.762. The van der Waals surface area contributed by atoms with Gasteiger partial charge in [-0.15, -0.1) is 0 Å². The summed E-state index contributed by atoms with van der Waals surface area (Å²) in [7, 11) is 1.45. The molecule has 3 atom stereocenters. The summed E-state index contributed by atoms with van der Waals surface area (Å²) in [6.07, 6.45) is 1.54. The minimum absolute atomic E-state index is 0.0375. The zero-order chi connectivity index (χ0) is 17.7. The Balaban J connectivity index is 1.98. The number of urea groups is 1. The molecule has 1 saturated heterocycles. The van der Waals surface area contributed by atoms with Crippen molar-refractivity contribution >= 4 is 11.9 Å². The summed E-state index contributed by atoms with van der Waals surface area (Å²) in [6.45, 7) is 2.49. The molecule has 3 N–H and O–H groups in total. The number of carbonyl (C=O) groups excluding carboxylic acids is 2. The van der Waals surface area contributed by atoms with Gasteiger partial charge in [-0.3, -0.25) is 15.0 Å². The average molecular weight is 337 g/mol. The summed E-state index contributed by atoms with van der Waals surface area (Å²) in [5, 5.41) is 15.0. The van der Waals surface area contributed by atoms with Crippen molar-refractivity contribution in [3.8, 4) is 0 Å². The van der Waals surface area contributed by atoms with E-state index in [0.717, 1.165) is 19.4 Å². The highest BCUT2D eigenvalue weighted by Crippen LogP contribution is 2.29. The van der Waals surface area contributed by atoms with Crippen LogP contribution in [0.3, 0.4) is 0 Å². The predicted octanol–water partition coefficient (Wildman–Crippen LogP) is 1.56. The first-order chi connectivity index (χ1) is 11.4. The van der Waals surface area contributed by atoms with Crippen LogP contribution < -0.4 is 10.6 Å². The first-order valence-corrected chi connectivity index (χ1v) is 8.14. The SMILES string of the molecule is CNC(=O)NC(=O)[C@H](C)N1CCC[C@H]1C[C@H](O)c1ccc(F)cc1. The summed E-state index contributed by atoms with van der Waals surface area (Å²) >= 11 is 0. The molecule has 0 radical (unpaired) electrons. The van der Waals surface area contributed by atoms with Crippen molar-refractivity contribution in [2.75, 3.05) is 13.6 Å². The number of hydrogen-bond acceptors (Lipinski definition) is 4. The van der Waals surface area contributed by atoms with E-state index in [0.29, 0.717) is 12.0 Å². The van der Waals surface area contributed by atoms with Gasteiger partial charge in [0.25, 0.3) is 0 Å². The number of nitrogens with zero attached hydrogens (tertiary/aromatic N) is 1. The van der Waals surface area contributed by atoms with E-state index in [9.17, 15) is 19.1 Å². The molecular weight excluding hydrogens is 313 g/mol. The molecule has 1 fully saturated rings. The van der Waals surface area contributed by atoms with Crippen LogP contribution in [0, 0.1) is 5.82 Å². The zero-order valence-corrected chi connectivity index (χ0v) is 14.0. The Kier molecular flexibility index (Phi) is 6.28. The number of aliphatic hydroxyl groups excluding tert-OH is 1. The third-order valence-electron chi connectivity index (χ3n) is 4.51. The fourth-order valence-electron chi connectivity index (χ4n) is 3.13. The largest absolute Gasteiger partial charge is 0.388 e. The summed E-state index contributed by atoms with van der Waals surface area (Å²) in [6, 6.07) is 4.83. The maximum Gasteiger partial charge on any atom is 0.321 e. The second kappa shape index (κ2) is 8.21. The molecule has 0 aromatic heterocycles. The lowest BCUT2D eigenvalue weighted by molar-refractivity contribution is -0.125. The molecule has 0 bridgehead atoms. The van der Waals surface area contributed by atoms with E-state index in [1.165, 1.54) is 19.2 Å². The number of rotatable bonds is 5. The molecule has 2 rings (SSSR count). The van der Waals surface area contributed by atoms with E-state index >= 15 is 0 Å². The molecule has 1 aromatic carbocycles. The molecular formula is C17H24FN3O3. The van der Waals surface area contributed by atoms with Crippen molar-refractivity contribution in [2.24, 2.45) is 0 Å². The van der Waals surface area contributed by atoms with Gasteiger partial charge in [-0.25, -0.2) is 9.18 Å². The highest BCUT2D eigenvalue weighted by atomic mass is 19.1. The van der Waals surface area contributed by atoms with Gasteiger partial charge in [0.1, 0.15) is 5.82 Å². The van der Waals surface area contributed by atoms with Gasteiger partial charge in [0.2, 0.25) is 5.91 Å². The van der Waals surface area contributed by atoms with Gasteiger partial charge < -0.3 is 10.4 Å². The third kappa shape index (κ3) is 4.52. The average Bonchev–Trinajstić information content (AvgIpc) is 3.02. The van der Waals surface area contributed by atoms with Crippen LogP contribution in [0.5, 0.6) is 0 Å². The molecule has 24 heavy (non-hydrogen) atoms. The van der Waals surface area contributed by atoms with Gasteiger partial charge in [0.05, 0.1) is 12.1 Å². The van der Waals surface area contributed by atoms with Crippen molar-refractivity contribution in [3.05, 3.63) is 35.6 Å². The Morgan fingerprint density at radius 3 is 2.67 bits per heavy atom. The summed E-state index contributed by atoms with van der Waals surface area (Å²) in [5.41, 5.74) is 0.658. The second-order valence-electron chi connectivity index (χ2n) is 6.08. The highest BCUT2D eigenvalue weighted by molar-refractivity contribution is 5.96. The standard InChI is InChI=1S/C17H24FN3O3/c1-11(16(23)20-17(24)19-2)21-9-3-4-14(21)10-15(22)12-5-7-13(18)8-6-12/h5-8,11,14-15,22H,3-4,9-10H2,1-2H3,(H2,19,20,23,24)/t11-,14-,15-/m0/s1. The Morgan fingerprint density at radius 2 is 2.04 bits per heavy atom. The molecule has 1 heterocycles. The van der Waals surface area contributed by atoms with Gasteiger partial charge in [0.15, 0.2) is 0 Å². The van der Waals surface area contributed by atoms with Crippen molar-refractivity contribution < 1.29 is 19.1 Å². The fourth-order valence-corrected chi connectivity index (χ4v) is 3.13. The molecule has 6 nitrogen and oxygen atoms in total. The second-order valence-corrected chi connectivity index (χ2v) is 6.08. The van der Waals surface area contributed by atoms with Crippen molar-refractivity contribution in [2.45, 2.75) is 44.4 Å². The minimum Gasteiger partial charge on any atom is -0.388 e. The van der Waals surface area contributed by atoms with Crippen LogP contribution >= 0.6 is 0 Å². The number of likely N-dealkylation sites (tertiary alicyclic amines) is 1. The van der Waals surface area contributed by atoms with Crippen molar-refractivity contribution in [1.82, 2.24) is 15.5 Å². The lowest BCUT2D eigenvalue weighted by Gasteiger charge is -2.31. The molecule has 1 aromatic rings. The highest BCUT2D eigenvalue weighted by Gasteiger charge is 2.33. The fraction of sp³-hybridized carbons (Fsp3) is 0.529. The smallest absolute Gasteiger partial charge is 0.321 e. The summed E-state index contributed by atoms with van der Waals surface area (Å²) < 4.78 is 13.0. The molecule has 132 valence electrons. The Morgan fingerprint density at radius 1 is 1.38 bits per heavy atom. The number of nitrogens with one attached hydrogen (secondary N) is 2. The monoisotopic (exact) mass is 337 g/mol. The maximum atomic E-state index is 13.0. The summed E-state index contributed by atoms with van der Waals surface area (Å²) in [5.74, 6) is -0.703. The minimum atomic E-state index is -0.717. The summed E-state index contributed by atoms with van der Waals surface area (Å²) in [4.78, 5) is 25.4. The number of imide groups is 1. The van der Waals surface area contributed by atoms with Crippen LogP contribution in [-0.4, -0.2) is 47.6 Å². The van der Waals surface area contributed by atoms with E-state index in [1.54, 1.807) is 19.1 Å². The molecule has 3 amide bonds. The number of benzene rings is 1. The number of aliphatic hydroxyl groups is 1. The molecule has 0 spiro atoms. The lowest BCUT2D eigenvalue weighted by Crippen LogP contribution is -2.50. The maximum absolute atomic E-state index is 13.0. The topological polar surface area (TPSA) is 81.7 Å². The number of halogens is 1. The van der Waals surface area contributed by atoms with E-state index in [2.05, 4.69) is 10.6 Å². The van der Waals surface area contributed by atoms with E-state index < -0.39 is 18.2 Å². The molecule has 0 unspecified atom stereocenters. The molecule has 0 aliphatic carbocycles. The van der Waals surface area contributed by atoms with Crippen LogP contribution in [0.15, 0.2) is 24.3 Å². The van der Waals surface area contributed by atoms with Crippen molar-refractivity contribution in [3.63, 3.8) is 0 Å². The van der Waals surface area contributed by atoms with Gasteiger partial charge in [0, 0.05) is 13.1 Å². The lowest BCUT2D eigenvalue weighted by atomic mass is 10.00. The van der Waals surface area contributed by atoms with Crippen molar-refractivity contribution in [1.29, 1.82) is 0 Å². The Labute approximate surface area is 141 Å². The van der Waals surface area contributed by atoms with Crippen LogP contribution in [0.25, 0.3) is 0 Å². The number of hydrogen-bond donors (Lipinski definition) is 3. The molecule has 1 aliphatic heterocycles. The number of carbonyl (C=O) groups is 2. The molecule has 7 heteroatoms.